The Balaban J connectivity index is 1.60. The Morgan fingerprint density at radius 2 is 2.21 bits per heavy atom. The van der Waals surface area contributed by atoms with E-state index in [1.54, 1.807) is 30.5 Å². The first-order valence-corrected chi connectivity index (χ1v) is 7.89. The number of H-pyrrole nitrogens is 1. The van der Waals surface area contributed by atoms with E-state index in [4.69, 9.17) is 9.68 Å². The number of aromatic amines is 1. The Hall–Kier alpha value is -3.37. The minimum Gasteiger partial charge on any atom is -0.461 e. The van der Waals surface area contributed by atoms with E-state index in [1.165, 1.54) is 0 Å². The molecule has 0 unspecified atom stereocenters. The molecule has 3 aromatic heterocycles. The van der Waals surface area contributed by atoms with Crippen LogP contribution in [0.2, 0.25) is 0 Å². The standard InChI is InChI=1S/C17H10N4O2S/c18-9-11-4-6-15(24-11)17(22)19-10-3-5-12-13(8-10)21-16(20-12)14-2-1-7-23-14/h1-8H,(H,19,22)(H,20,21). The number of rotatable bonds is 3. The molecule has 0 radical (unpaired) electrons. The van der Waals surface area contributed by atoms with Crippen molar-refractivity contribution in [1.82, 2.24) is 9.97 Å². The second-order valence-corrected chi connectivity index (χ2v) is 6.11. The number of benzene rings is 1. The van der Waals surface area contributed by atoms with Crippen LogP contribution in [-0.4, -0.2) is 15.9 Å². The van der Waals surface area contributed by atoms with E-state index >= 15 is 0 Å². The van der Waals surface area contributed by atoms with Gasteiger partial charge in [0.05, 0.1) is 22.2 Å². The molecule has 0 aliphatic heterocycles. The molecule has 0 fully saturated rings. The second-order valence-electron chi connectivity index (χ2n) is 5.02. The number of thiophene rings is 1. The number of anilines is 1. The molecule has 116 valence electrons. The van der Waals surface area contributed by atoms with Crippen molar-refractivity contribution in [3.05, 3.63) is 58.5 Å². The van der Waals surface area contributed by atoms with Crippen LogP contribution >= 0.6 is 11.3 Å². The second kappa shape index (κ2) is 5.68. The van der Waals surface area contributed by atoms with Gasteiger partial charge < -0.3 is 14.7 Å². The summed E-state index contributed by atoms with van der Waals surface area (Å²) in [6.07, 6.45) is 1.59. The van der Waals surface area contributed by atoms with Gasteiger partial charge in [0.15, 0.2) is 11.6 Å². The average Bonchev–Trinajstić information content (AvgIpc) is 3.32. The van der Waals surface area contributed by atoms with Crippen LogP contribution in [0.3, 0.4) is 0 Å². The lowest BCUT2D eigenvalue weighted by Crippen LogP contribution is -2.09. The fraction of sp³-hybridized carbons (Fsp3) is 0. The van der Waals surface area contributed by atoms with Crippen molar-refractivity contribution in [3.8, 4) is 17.7 Å². The lowest BCUT2D eigenvalue weighted by molar-refractivity contribution is 0.103. The molecule has 2 N–H and O–H groups in total. The number of carbonyl (C=O) groups is 1. The van der Waals surface area contributed by atoms with E-state index in [1.807, 2.05) is 24.3 Å². The van der Waals surface area contributed by atoms with Crippen LogP contribution in [0.5, 0.6) is 0 Å². The number of amides is 1. The summed E-state index contributed by atoms with van der Waals surface area (Å²) in [4.78, 5) is 20.8. The Bertz CT molecular complexity index is 1070. The molecule has 4 aromatic rings. The summed E-state index contributed by atoms with van der Waals surface area (Å²) in [5.74, 6) is 1.04. The van der Waals surface area contributed by atoms with Crippen molar-refractivity contribution in [2.75, 3.05) is 5.32 Å². The summed E-state index contributed by atoms with van der Waals surface area (Å²) < 4.78 is 5.33. The fourth-order valence-corrected chi connectivity index (χ4v) is 3.03. The van der Waals surface area contributed by atoms with E-state index in [-0.39, 0.29) is 5.91 Å². The highest BCUT2D eigenvalue weighted by atomic mass is 32.1. The van der Waals surface area contributed by atoms with Crippen molar-refractivity contribution >= 4 is 34.0 Å². The number of carbonyl (C=O) groups excluding carboxylic acids is 1. The van der Waals surface area contributed by atoms with Gasteiger partial charge in [0.25, 0.3) is 5.91 Å². The number of nitrogens with zero attached hydrogens (tertiary/aromatic N) is 2. The van der Waals surface area contributed by atoms with Crippen molar-refractivity contribution in [3.63, 3.8) is 0 Å². The quantitative estimate of drug-likeness (QED) is 0.592. The maximum absolute atomic E-state index is 12.2. The monoisotopic (exact) mass is 334 g/mol. The molecular weight excluding hydrogens is 324 g/mol. The first-order chi connectivity index (χ1) is 11.7. The molecule has 3 heterocycles. The van der Waals surface area contributed by atoms with Gasteiger partial charge in [-0.1, -0.05) is 0 Å². The molecule has 7 heteroatoms. The molecule has 24 heavy (non-hydrogen) atoms. The van der Waals surface area contributed by atoms with Gasteiger partial charge in [-0.05, 0) is 42.5 Å². The number of nitrogens with one attached hydrogen (secondary N) is 2. The van der Waals surface area contributed by atoms with Crippen LogP contribution in [0.1, 0.15) is 14.5 Å². The number of furan rings is 1. The largest absolute Gasteiger partial charge is 0.461 e. The minimum absolute atomic E-state index is 0.244. The number of hydrogen-bond donors (Lipinski definition) is 2. The highest BCUT2D eigenvalue weighted by Gasteiger charge is 2.11. The predicted molar refractivity (Wildman–Crippen MR) is 90.8 cm³/mol. The number of fused-ring (bicyclic) bond motifs is 1. The first-order valence-electron chi connectivity index (χ1n) is 7.08. The molecule has 0 spiro atoms. The zero-order chi connectivity index (χ0) is 16.5. The molecule has 6 nitrogen and oxygen atoms in total. The van der Waals surface area contributed by atoms with E-state index < -0.39 is 0 Å². The molecule has 1 aromatic carbocycles. The van der Waals surface area contributed by atoms with Gasteiger partial charge in [-0.2, -0.15) is 5.26 Å². The highest BCUT2D eigenvalue weighted by Crippen LogP contribution is 2.24. The molecular formula is C17H10N4O2S. The van der Waals surface area contributed by atoms with Crippen LogP contribution < -0.4 is 5.32 Å². The van der Waals surface area contributed by atoms with E-state index in [9.17, 15) is 4.79 Å². The molecule has 0 bridgehead atoms. The summed E-state index contributed by atoms with van der Waals surface area (Å²) >= 11 is 1.16. The third kappa shape index (κ3) is 2.55. The van der Waals surface area contributed by atoms with Crippen LogP contribution in [0.25, 0.3) is 22.6 Å². The van der Waals surface area contributed by atoms with E-state index in [2.05, 4.69) is 15.3 Å². The van der Waals surface area contributed by atoms with Crippen molar-refractivity contribution in [2.24, 2.45) is 0 Å². The summed E-state index contributed by atoms with van der Waals surface area (Å²) in [5, 5.41) is 11.7. The predicted octanol–water partition coefficient (Wildman–Crippen LogP) is 4.01. The zero-order valence-electron chi connectivity index (χ0n) is 12.2. The first kappa shape index (κ1) is 14.2. The summed E-state index contributed by atoms with van der Waals surface area (Å²) in [5.41, 5.74) is 2.22. The van der Waals surface area contributed by atoms with E-state index in [0.29, 0.717) is 27.0 Å². The number of imidazole rings is 1. The van der Waals surface area contributed by atoms with Gasteiger partial charge in [0.1, 0.15) is 10.9 Å². The molecule has 0 aliphatic carbocycles. The molecule has 0 saturated carbocycles. The topological polar surface area (TPSA) is 94.7 Å². The fourth-order valence-electron chi connectivity index (χ4n) is 2.33. The van der Waals surface area contributed by atoms with Crippen molar-refractivity contribution in [2.45, 2.75) is 0 Å². The highest BCUT2D eigenvalue weighted by molar-refractivity contribution is 7.14. The summed E-state index contributed by atoms with van der Waals surface area (Å²) in [6, 6.07) is 14.3. The van der Waals surface area contributed by atoms with Crippen LogP contribution in [0, 0.1) is 11.3 Å². The van der Waals surface area contributed by atoms with Gasteiger partial charge >= 0.3 is 0 Å². The Morgan fingerprint density at radius 3 is 2.96 bits per heavy atom. The zero-order valence-corrected chi connectivity index (χ0v) is 13.1. The van der Waals surface area contributed by atoms with Crippen molar-refractivity contribution in [1.29, 1.82) is 5.26 Å². The average molecular weight is 334 g/mol. The Kier molecular flexibility index (Phi) is 3.37. The SMILES string of the molecule is N#Cc1ccc(C(=O)Nc2ccc3nc(-c4ccco4)[nH]c3c2)s1. The van der Waals surface area contributed by atoms with Crippen molar-refractivity contribution < 1.29 is 9.21 Å². The summed E-state index contributed by atoms with van der Waals surface area (Å²) in [6.45, 7) is 0. The number of nitriles is 1. The number of hydrogen-bond acceptors (Lipinski definition) is 5. The molecule has 0 aliphatic rings. The normalized spacial score (nSPS) is 10.6. The molecule has 0 atom stereocenters. The van der Waals surface area contributed by atoms with Crippen LogP contribution in [0.4, 0.5) is 5.69 Å². The van der Waals surface area contributed by atoms with Crippen LogP contribution in [-0.2, 0) is 0 Å². The lowest BCUT2D eigenvalue weighted by Gasteiger charge is -2.03. The Labute approximate surface area is 140 Å². The smallest absolute Gasteiger partial charge is 0.265 e. The molecule has 0 saturated heterocycles. The van der Waals surface area contributed by atoms with Gasteiger partial charge in [0, 0.05) is 5.69 Å². The minimum atomic E-state index is -0.244. The third-order valence-electron chi connectivity index (χ3n) is 3.43. The molecule has 4 rings (SSSR count). The van der Waals surface area contributed by atoms with Gasteiger partial charge in [-0.15, -0.1) is 11.3 Å². The van der Waals surface area contributed by atoms with Gasteiger partial charge in [-0.25, -0.2) is 4.98 Å². The molecule has 1 amide bonds. The lowest BCUT2D eigenvalue weighted by atomic mass is 10.2. The van der Waals surface area contributed by atoms with Crippen LogP contribution in [0.15, 0.2) is 53.1 Å². The summed E-state index contributed by atoms with van der Waals surface area (Å²) in [7, 11) is 0. The van der Waals surface area contributed by atoms with Gasteiger partial charge in [-0.3, -0.25) is 4.79 Å². The maximum atomic E-state index is 12.2. The third-order valence-corrected chi connectivity index (χ3v) is 4.42. The van der Waals surface area contributed by atoms with Gasteiger partial charge in [0.2, 0.25) is 0 Å². The maximum Gasteiger partial charge on any atom is 0.265 e. The number of aromatic nitrogens is 2. The Morgan fingerprint density at radius 1 is 1.29 bits per heavy atom. The van der Waals surface area contributed by atoms with E-state index in [0.717, 1.165) is 22.4 Å².